The normalized spacial score (nSPS) is 16.4. The summed E-state index contributed by atoms with van der Waals surface area (Å²) in [6, 6.07) is 9.91. The molecular weight excluding hydrogens is 296 g/mol. The lowest BCUT2D eigenvalue weighted by molar-refractivity contribution is -0.166. The predicted octanol–water partition coefficient (Wildman–Crippen LogP) is 3.20. The minimum absolute atomic E-state index is 0.0584. The molecular formula is C18H28O5. The SMILES string of the molecule is CCOC(=O)[C@H](C)[C@H](OCOC)[C@H](C)[C@H](OC)c1ccccc1. The van der Waals surface area contributed by atoms with Crippen molar-refractivity contribution < 1.29 is 23.7 Å². The van der Waals surface area contributed by atoms with Crippen molar-refractivity contribution in [3.05, 3.63) is 35.9 Å². The molecule has 4 atom stereocenters. The van der Waals surface area contributed by atoms with E-state index in [0.29, 0.717) is 6.61 Å². The monoisotopic (exact) mass is 324 g/mol. The standard InChI is InChI=1S/C18H28O5/c1-6-22-18(19)14(3)16(23-12-20-4)13(2)17(21-5)15-10-8-7-9-11-15/h7-11,13-14,16-17H,6,12H2,1-5H3/t13-,14+,16+,17-/m0/s1. The van der Waals surface area contributed by atoms with Crippen molar-refractivity contribution in [2.45, 2.75) is 33.0 Å². The van der Waals surface area contributed by atoms with E-state index in [-0.39, 0.29) is 30.9 Å². The second kappa shape index (κ2) is 10.4. The zero-order chi connectivity index (χ0) is 17.2. The third kappa shape index (κ3) is 5.61. The Labute approximate surface area is 138 Å². The van der Waals surface area contributed by atoms with Gasteiger partial charge in [0.05, 0.1) is 24.7 Å². The van der Waals surface area contributed by atoms with Crippen LogP contribution in [0.4, 0.5) is 0 Å². The van der Waals surface area contributed by atoms with Crippen molar-refractivity contribution in [1.82, 2.24) is 0 Å². The lowest BCUT2D eigenvalue weighted by Gasteiger charge is -2.33. The topological polar surface area (TPSA) is 54.0 Å². The highest BCUT2D eigenvalue weighted by atomic mass is 16.7. The first-order valence-electron chi connectivity index (χ1n) is 7.91. The summed E-state index contributed by atoms with van der Waals surface area (Å²) in [4.78, 5) is 12.1. The summed E-state index contributed by atoms with van der Waals surface area (Å²) in [7, 11) is 3.22. The smallest absolute Gasteiger partial charge is 0.311 e. The Bertz CT molecular complexity index is 448. The third-order valence-corrected chi connectivity index (χ3v) is 3.91. The Kier molecular flexibility index (Phi) is 8.84. The number of carbonyl (C=O) groups excluding carboxylic acids is 1. The van der Waals surface area contributed by atoms with Crippen molar-refractivity contribution in [3.63, 3.8) is 0 Å². The van der Waals surface area contributed by atoms with E-state index < -0.39 is 5.92 Å². The second-order valence-corrected chi connectivity index (χ2v) is 5.50. The van der Waals surface area contributed by atoms with Crippen LogP contribution in [0.2, 0.25) is 0 Å². The van der Waals surface area contributed by atoms with E-state index in [4.69, 9.17) is 18.9 Å². The van der Waals surface area contributed by atoms with Gasteiger partial charge >= 0.3 is 5.97 Å². The molecule has 0 fully saturated rings. The van der Waals surface area contributed by atoms with Gasteiger partial charge in [0.1, 0.15) is 6.79 Å². The molecule has 0 amide bonds. The molecule has 0 aliphatic carbocycles. The van der Waals surface area contributed by atoms with Crippen LogP contribution in [-0.2, 0) is 23.7 Å². The van der Waals surface area contributed by atoms with Crippen LogP contribution < -0.4 is 0 Å². The van der Waals surface area contributed by atoms with E-state index >= 15 is 0 Å². The van der Waals surface area contributed by atoms with E-state index in [1.807, 2.05) is 44.2 Å². The Morgan fingerprint density at radius 3 is 2.30 bits per heavy atom. The molecule has 0 bridgehead atoms. The molecule has 0 spiro atoms. The van der Waals surface area contributed by atoms with Crippen molar-refractivity contribution in [2.24, 2.45) is 11.8 Å². The van der Waals surface area contributed by atoms with Gasteiger partial charge in [-0.05, 0) is 19.4 Å². The summed E-state index contributed by atoms with van der Waals surface area (Å²) < 4.78 is 21.6. The molecule has 0 aliphatic heterocycles. The zero-order valence-electron chi connectivity index (χ0n) is 14.7. The fourth-order valence-corrected chi connectivity index (χ4v) is 2.78. The fraction of sp³-hybridized carbons (Fsp3) is 0.611. The Morgan fingerprint density at radius 1 is 1.13 bits per heavy atom. The van der Waals surface area contributed by atoms with Crippen LogP contribution in [0.1, 0.15) is 32.4 Å². The summed E-state index contributed by atoms with van der Waals surface area (Å²) in [5.41, 5.74) is 1.05. The average molecular weight is 324 g/mol. The van der Waals surface area contributed by atoms with Gasteiger partial charge in [0.2, 0.25) is 0 Å². The van der Waals surface area contributed by atoms with Crippen molar-refractivity contribution >= 4 is 5.97 Å². The van der Waals surface area contributed by atoms with Gasteiger partial charge in [0.15, 0.2) is 0 Å². The van der Waals surface area contributed by atoms with Crippen LogP contribution >= 0.6 is 0 Å². The predicted molar refractivity (Wildman–Crippen MR) is 87.9 cm³/mol. The van der Waals surface area contributed by atoms with Gasteiger partial charge in [-0.3, -0.25) is 4.79 Å². The maximum absolute atomic E-state index is 12.1. The van der Waals surface area contributed by atoms with Gasteiger partial charge in [-0.25, -0.2) is 0 Å². The van der Waals surface area contributed by atoms with Crippen LogP contribution in [0.5, 0.6) is 0 Å². The number of hydrogen-bond donors (Lipinski definition) is 0. The lowest BCUT2D eigenvalue weighted by Crippen LogP contribution is -2.38. The number of esters is 1. The minimum Gasteiger partial charge on any atom is -0.466 e. The highest BCUT2D eigenvalue weighted by molar-refractivity contribution is 5.72. The summed E-state index contributed by atoms with van der Waals surface area (Å²) in [5.74, 6) is -0.748. The van der Waals surface area contributed by atoms with E-state index in [0.717, 1.165) is 5.56 Å². The quantitative estimate of drug-likeness (QED) is 0.489. The number of ether oxygens (including phenoxy) is 4. The molecule has 1 rings (SSSR count). The van der Waals surface area contributed by atoms with E-state index in [9.17, 15) is 4.79 Å². The first-order chi connectivity index (χ1) is 11.1. The molecule has 0 saturated heterocycles. The Morgan fingerprint density at radius 2 is 1.78 bits per heavy atom. The van der Waals surface area contributed by atoms with E-state index in [1.54, 1.807) is 21.1 Å². The van der Waals surface area contributed by atoms with Crippen LogP contribution in [-0.4, -0.2) is 39.7 Å². The number of carbonyl (C=O) groups is 1. The molecule has 0 aliphatic rings. The number of benzene rings is 1. The minimum atomic E-state index is -0.415. The van der Waals surface area contributed by atoms with E-state index in [1.165, 1.54) is 0 Å². The molecule has 0 aromatic heterocycles. The third-order valence-electron chi connectivity index (χ3n) is 3.91. The van der Waals surface area contributed by atoms with Gasteiger partial charge in [-0.1, -0.05) is 37.3 Å². The highest BCUT2D eigenvalue weighted by Gasteiger charge is 2.35. The largest absolute Gasteiger partial charge is 0.466 e. The fourth-order valence-electron chi connectivity index (χ4n) is 2.78. The van der Waals surface area contributed by atoms with Crippen LogP contribution in [0.3, 0.4) is 0 Å². The molecule has 23 heavy (non-hydrogen) atoms. The van der Waals surface area contributed by atoms with Gasteiger partial charge in [0, 0.05) is 20.1 Å². The van der Waals surface area contributed by atoms with Gasteiger partial charge in [-0.2, -0.15) is 0 Å². The van der Waals surface area contributed by atoms with Crippen molar-refractivity contribution in [3.8, 4) is 0 Å². The summed E-state index contributed by atoms with van der Waals surface area (Å²) in [5, 5.41) is 0. The number of hydrogen-bond acceptors (Lipinski definition) is 5. The molecule has 0 saturated carbocycles. The lowest BCUT2D eigenvalue weighted by atomic mass is 9.86. The summed E-state index contributed by atoms with van der Waals surface area (Å²) in [6.45, 7) is 6.08. The van der Waals surface area contributed by atoms with Gasteiger partial charge in [-0.15, -0.1) is 0 Å². The molecule has 0 unspecified atom stereocenters. The first-order valence-corrected chi connectivity index (χ1v) is 7.91. The maximum Gasteiger partial charge on any atom is 0.311 e. The zero-order valence-corrected chi connectivity index (χ0v) is 14.7. The average Bonchev–Trinajstić information content (AvgIpc) is 2.57. The van der Waals surface area contributed by atoms with Gasteiger partial charge < -0.3 is 18.9 Å². The first kappa shape index (κ1) is 19.6. The molecule has 130 valence electrons. The molecule has 1 aromatic rings. The Balaban J connectivity index is 2.96. The number of rotatable bonds is 10. The highest BCUT2D eigenvalue weighted by Crippen LogP contribution is 2.32. The molecule has 5 nitrogen and oxygen atoms in total. The van der Waals surface area contributed by atoms with Crippen molar-refractivity contribution in [2.75, 3.05) is 27.6 Å². The summed E-state index contributed by atoms with van der Waals surface area (Å²) in [6.07, 6.45) is -0.561. The molecule has 0 N–H and O–H groups in total. The summed E-state index contributed by atoms with van der Waals surface area (Å²) >= 11 is 0. The van der Waals surface area contributed by atoms with E-state index in [2.05, 4.69) is 0 Å². The second-order valence-electron chi connectivity index (χ2n) is 5.50. The molecule has 1 aromatic carbocycles. The molecule has 0 radical (unpaired) electrons. The molecule has 0 heterocycles. The number of methoxy groups -OCH3 is 2. The molecule has 5 heteroatoms. The van der Waals surface area contributed by atoms with Crippen molar-refractivity contribution in [1.29, 1.82) is 0 Å². The van der Waals surface area contributed by atoms with Gasteiger partial charge in [0.25, 0.3) is 0 Å². The van der Waals surface area contributed by atoms with Crippen LogP contribution in [0, 0.1) is 11.8 Å². The van der Waals surface area contributed by atoms with Crippen LogP contribution in [0.15, 0.2) is 30.3 Å². The maximum atomic E-state index is 12.1. The van der Waals surface area contributed by atoms with Crippen LogP contribution in [0.25, 0.3) is 0 Å². The Hall–Kier alpha value is -1.43.